The van der Waals surface area contributed by atoms with Crippen LogP contribution in [0.4, 0.5) is 0 Å². The first-order chi connectivity index (χ1) is 6.14. The molecule has 0 heterocycles. The van der Waals surface area contributed by atoms with Crippen molar-refractivity contribution in [1.82, 2.24) is 0 Å². The van der Waals surface area contributed by atoms with E-state index < -0.39 is 0 Å². The van der Waals surface area contributed by atoms with Gasteiger partial charge in [-0.25, -0.2) is 0 Å². The maximum Gasteiger partial charge on any atom is 0.311 e. The standard InChI is InChI=1S/C10H18O3/c1-3-10(9(12)13-2)6-4-8(11)5-7-10/h8,11H,3-7H2,1-2H3. The summed E-state index contributed by atoms with van der Waals surface area (Å²) < 4.78 is 4.80. The molecule has 1 saturated carbocycles. The van der Waals surface area contributed by atoms with Crippen LogP contribution in [-0.4, -0.2) is 24.3 Å². The number of aliphatic hydroxyl groups excluding tert-OH is 1. The third-order valence-electron chi connectivity index (χ3n) is 3.21. The van der Waals surface area contributed by atoms with Crippen LogP contribution in [-0.2, 0) is 9.53 Å². The van der Waals surface area contributed by atoms with Gasteiger partial charge in [0.05, 0.1) is 18.6 Å². The molecule has 1 rings (SSSR count). The van der Waals surface area contributed by atoms with Gasteiger partial charge in [-0.3, -0.25) is 4.79 Å². The zero-order valence-electron chi connectivity index (χ0n) is 8.38. The van der Waals surface area contributed by atoms with Gasteiger partial charge in [-0.1, -0.05) is 6.92 Å². The number of ether oxygens (including phenoxy) is 1. The van der Waals surface area contributed by atoms with E-state index in [-0.39, 0.29) is 17.5 Å². The molecule has 1 fully saturated rings. The van der Waals surface area contributed by atoms with E-state index in [4.69, 9.17) is 4.74 Å². The average molecular weight is 186 g/mol. The Morgan fingerprint density at radius 3 is 2.46 bits per heavy atom. The highest BCUT2D eigenvalue weighted by molar-refractivity contribution is 5.76. The third kappa shape index (κ3) is 2.02. The Bertz CT molecular complexity index is 181. The Balaban J connectivity index is 2.65. The van der Waals surface area contributed by atoms with Crippen molar-refractivity contribution in [2.45, 2.75) is 45.1 Å². The van der Waals surface area contributed by atoms with Crippen molar-refractivity contribution in [2.75, 3.05) is 7.11 Å². The molecule has 0 atom stereocenters. The molecule has 1 aliphatic rings. The summed E-state index contributed by atoms with van der Waals surface area (Å²) in [4.78, 5) is 11.5. The van der Waals surface area contributed by atoms with E-state index in [2.05, 4.69) is 0 Å². The van der Waals surface area contributed by atoms with Crippen LogP contribution in [0.25, 0.3) is 0 Å². The molecule has 76 valence electrons. The Labute approximate surface area is 79.1 Å². The topological polar surface area (TPSA) is 46.5 Å². The summed E-state index contributed by atoms with van der Waals surface area (Å²) in [6, 6.07) is 0. The van der Waals surface area contributed by atoms with E-state index in [1.807, 2.05) is 6.92 Å². The van der Waals surface area contributed by atoms with Crippen LogP contribution in [0, 0.1) is 5.41 Å². The van der Waals surface area contributed by atoms with Gasteiger partial charge in [-0.05, 0) is 32.1 Å². The molecule has 1 N–H and O–H groups in total. The van der Waals surface area contributed by atoms with Crippen LogP contribution in [0.15, 0.2) is 0 Å². The van der Waals surface area contributed by atoms with Crippen molar-refractivity contribution in [3.63, 3.8) is 0 Å². The normalized spacial score (nSPS) is 34.2. The van der Waals surface area contributed by atoms with E-state index in [9.17, 15) is 9.90 Å². The van der Waals surface area contributed by atoms with Gasteiger partial charge in [0.25, 0.3) is 0 Å². The van der Waals surface area contributed by atoms with E-state index >= 15 is 0 Å². The number of aliphatic hydroxyl groups is 1. The van der Waals surface area contributed by atoms with Gasteiger partial charge < -0.3 is 9.84 Å². The Hall–Kier alpha value is -0.570. The number of hydrogen-bond donors (Lipinski definition) is 1. The lowest BCUT2D eigenvalue weighted by Gasteiger charge is -2.35. The molecule has 0 amide bonds. The molecule has 1 aliphatic carbocycles. The molecule has 3 nitrogen and oxygen atoms in total. The summed E-state index contributed by atoms with van der Waals surface area (Å²) in [5.74, 6) is -0.109. The largest absolute Gasteiger partial charge is 0.469 e. The molecule has 0 aliphatic heterocycles. The highest BCUT2D eigenvalue weighted by atomic mass is 16.5. The third-order valence-corrected chi connectivity index (χ3v) is 3.21. The van der Waals surface area contributed by atoms with Crippen LogP contribution >= 0.6 is 0 Å². The number of carbonyl (C=O) groups excluding carboxylic acids is 1. The van der Waals surface area contributed by atoms with Crippen LogP contribution in [0.2, 0.25) is 0 Å². The first kappa shape index (κ1) is 10.5. The van der Waals surface area contributed by atoms with Crippen molar-refractivity contribution in [1.29, 1.82) is 0 Å². The van der Waals surface area contributed by atoms with Crippen molar-refractivity contribution >= 4 is 5.97 Å². The molecule has 0 bridgehead atoms. The zero-order valence-corrected chi connectivity index (χ0v) is 8.38. The van der Waals surface area contributed by atoms with E-state index in [0.717, 1.165) is 32.1 Å². The summed E-state index contributed by atoms with van der Waals surface area (Å²) in [5.41, 5.74) is -0.312. The second-order valence-electron chi connectivity index (χ2n) is 3.86. The average Bonchev–Trinajstić information content (AvgIpc) is 2.18. The number of hydrogen-bond acceptors (Lipinski definition) is 3. The lowest BCUT2D eigenvalue weighted by molar-refractivity contribution is -0.156. The van der Waals surface area contributed by atoms with Crippen molar-refractivity contribution in [3.05, 3.63) is 0 Å². The maximum atomic E-state index is 11.5. The van der Waals surface area contributed by atoms with Gasteiger partial charge in [0.15, 0.2) is 0 Å². The quantitative estimate of drug-likeness (QED) is 0.665. The Morgan fingerprint density at radius 1 is 1.54 bits per heavy atom. The van der Waals surface area contributed by atoms with Gasteiger partial charge in [-0.2, -0.15) is 0 Å². The number of carbonyl (C=O) groups is 1. The summed E-state index contributed by atoms with van der Waals surface area (Å²) in [6.07, 6.45) is 3.57. The molecule has 0 saturated heterocycles. The molecular weight excluding hydrogens is 168 g/mol. The first-order valence-corrected chi connectivity index (χ1v) is 4.91. The molecule has 0 aromatic heterocycles. The number of rotatable bonds is 2. The second-order valence-corrected chi connectivity index (χ2v) is 3.86. The minimum atomic E-state index is -0.312. The van der Waals surface area contributed by atoms with Gasteiger partial charge >= 0.3 is 5.97 Å². The fourth-order valence-electron chi connectivity index (χ4n) is 2.07. The molecule has 0 aromatic rings. The summed E-state index contributed by atoms with van der Waals surface area (Å²) in [5, 5.41) is 9.34. The maximum absolute atomic E-state index is 11.5. The minimum Gasteiger partial charge on any atom is -0.469 e. The van der Waals surface area contributed by atoms with Crippen molar-refractivity contribution in [2.24, 2.45) is 5.41 Å². The first-order valence-electron chi connectivity index (χ1n) is 4.91. The lowest BCUT2D eigenvalue weighted by atomic mass is 9.71. The fourth-order valence-corrected chi connectivity index (χ4v) is 2.07. The second kappa shape index (κ2) is 4.09. The minimum absolute atomic E-state index is 0.109. The SMILES string of the molecule is CCC1(C(=O)OC)CCC(O)CC1. The van der Waals surface area contributed by atoms with E-state index in [1.54, 1.807) is 0 Å². The van der Waals surface area contributed by atoms with Crippen molar-refractivity contribution in [3.8, 4) is 0 Å². The van der Waals surface area contributed by atoms with E-state index in [1.165, 1.54) is 7.11 Å². The van der Waals surface area contributed by atoms with Gasteiger partial charge in [0.1, 0.15) is 0 Å². The molecule has 0 radical (unpaired) electrons. The van der Waals surface area contributed by atoms with Crippen LogP contribution in [0.1, 0.15) is 39.0 Å². The van der Waals surface area contributed by atoms with Crippen LogP contribution in [0.5, 0.6) is 0 Å². The number of methoxy groups -OCH3 is 1. The predicted octanol–water partition coefficient (Wildman–Crippen LogP) is 1.49. The monoisotopic (exact) mass is 186 g/mol. The van der Waals surface area contributed by atoms with Crippen LogP contribution < -0.4 is 0 Å². The predicted molar refractivity (Wildman–Crippen MR) is 49.2 cm³/mol. The van der Waals surface area contributed by atoms with Gasteiger partial charge in [0, 0.05) is 0 Å². The Morgan fingerprint density at radius 2 is 2.08 bits per heavy atom. The Kier molecular flexibility index (Phi) is 3.31. The lowest BCUT2D eigenvalue weighted by Crippen LogP contribution is -2.37. The summed E-state index contributed by atoms with van der Waals surface area (Å²) in [6.45, 7) is 2.01. The number of esters is 1. The molecular formula is C10H18O3. The fraction of sp³-hybridized carbons (Fsp3) is 0.900. The van der Waals surface area contributed by atoms with Crippen LogP contribution in [0.3, 0.4) is 0 Å². The highest BCUT2D eigenvalue weighted by Crippen LogP contribution is 2.40. The molecule has 0 aromatic carbocycles. The molecule has 0 spiro atoms. The van der Waals surface area contributed by atoms with E-state index in [0.29, 0.717) is 0 Å². The molecule has 13 heavy (non-hydrogen) atoms. The highest BCUT2D eigenvalue weighted by Gasteiger charge is 2.40. The van der Waals surface area contributed by atoms with Gasteiger partial charge in [-0.15, -0.1) is 0 Å². The summed E-state index contributed by atoms with van der Waals surface area (Å²) >= 11 is 0. The van der Waals surface area contributed by atoms with Gasteiger partial charge in [0.2, 0.25) is 0 Å². The smallest absolute Gasteiger partial charge is 0.311 e. The molecule has 3 heteroatoms. The molecule has 0 unspecified atom stereocenters. The summed E-state index contributed by atoms with van der Waals surface area (Å²) in [7, 11) is 1.44. The van der Waals surface area contributed by atoms with Crippen molar-refractivity contribution < 1.29 is 14.6 Å². The zero-order chi connectivity index (χ0) is 9.90.